The quantitative estimate of drug-likeness (QED) is 0.436. The Morgan fingerprint density at radius 3 is 2.55 bits per heavy atom. The number of nitrogens with one attached hydrogen (secondary N) is 2. The van der Waals surface area contributed by atoms with E-state index in [1.807, 2.05) is 73.1 Å². The minimum absolute atomic E-state index is 0.108. The van der Waals surface area contributed by atoms with Crippen LogP contribution in [0.2, 0.25) is 0 Å². The van der Waals surface area contributed by atoms with E-state index in [2.05, 4.69) is 36.1 Å². The molecule has 2 atom stereocenters. The van der Waals surface area contributed by atoms with Crippen LogP contribution in [-0.4, -0.2) is 25.6 Å². The van der Waals surface area contributed by atoms with E-state index >= 15 is 0 Å². The molecule has 3 aromatic heterocycles. The summed E-state index contributed by atoms with van der Waals surface area (Å²) in [5.41, 5.74) is 4.58. The van der Waals surface area contributed by atoms with Crippen LogP contribution < -0.4 is 15.5 Å². The number of carbonyl (C=O) groups excluding carboxylic acids is 1. The molecule has 1 aliphatic rings. The first kappa shape index (κ1) is 20.8. The first-order valence-electron chi connectivity index (χ1n) is 10.6. The molecule has 33 heavy (non-hydrogen) atoms. The van der Waals surface area contributed by atoms with Gasteiger partial charge < -0.3 is 20.1 Å². The van der Waals surface area contributed by atoms with Gasteiger partial charge in [0, 0.05) is 42.6 Å². The van der Waals surface area contributed by atoms with E-state index in [0.717, 1.165) is 28.5 Å². The highest BCUT2D eigenvalue weighted by molar-refractivity contribution is 7.80. The molecule has 7 nitrogen and oxygen atoms in total. The highest BCUT2D eigenvalue weighted by atomic mass is 32.1. The third-order valence-corrected chi connectivity index (χ3v) is 5.89. The fraction of sp³-hybridized carbons (Fsp3) is 0.120. The maximum atomic E-state index is 11.4. The van der Waals surface area contributed by atoms with Gasteiger partial charge in [-0.2, -0.15) is 0 Å². The first-order chi connectivity index (χ1) is 16.1. The fourth-order valence-electron chi connectivity index (χ4n) is 4.21. The van der Waals surface area contributed by atoms with Gasteiger partial charge in [-0.3, -0.25) is 14.8 Å². The third-order valence-electron chi connectivity index (χ3n) is 5.57. The van der Waals surface area contributed by atoms with Gasteiger partial charge in [0.15, 0.2) is 5.11 Å². The number of aromatic nitrogens is 3. The van der Waals surface area contributed by atoms with Crippen molar-refractivity contribution in [3.05, 3.63) is 103 Å². The number of pyridine rings is 2. The standard InChI is InChI=1S/C25H22N6OS/c1-17(32)28-18-9-11-19(12-10-18)31-24(23(29-25(31)33)21-7-2-3-14-27-21)22-8-5-15-30(22)20-6-4-13-26-16-20/h2-16,23-24H,1H3,(H,28,32)(H,29,33)/t23-,24+/m0/s1. The smallest absolute Gasteiger partial charge is 0.221 e. The van der Waals surface area contributed by atoms with Crippen LogP contribution in [0, 0.1) is 0 Å². The number of nitrogens with zero attached hydrogens (tertiary/aromatic N) is 4. The van der Waals surface area contributed by atoms with Crippen molar-refractivity contribution >= 4 is 34.6 Å². The Hall–Kier alpha value is -4.04. The summed E-state index contributed by atoms with van der Waals surface area (Å²) in [4.78, 5) is 22.4. The lowest BCUT2D eigenvalue weighted by molar-refractivity contribution is -0.114. The number of anilines is 2. The maximum Gasteiger partial charge on any atom is 0.221 e. The van der Waals surface area contributed by atoms with Crippen molar-refractivity contribution in [1.29, 1.82) is 0 Å². The van der Waals surface area contributed by atoms with Crippen molar-refractivity contribution < 1.29 is 4.79 Å². The van der Waals surface area contributed by atoms with E-state index in [4.69, 9.17) is 12.2 Å². The predicted molar refractivity (Wildman–Crippen MR) is 132 cm³/mol. The second-order valence-electron chi connectivity index (χ2n) is 7.74. The minimum Gasteiger partial charge on any atom is -0.351 e. The molecule has 0 spiro atoms. The van der Waals surface area contributed by atoms with Crippen molar-refractivity contribution in [3.63, 3.8) is 0 Å². The molecule has 0 unspecified atom stereocenters. The highest BCUT2D eigenvalue weighted by Crippen LogP contribution is 2.42. The molecule has 0 saturated carbocycles. The Kier molecular flexibility index (Phi) is 5.58. The van der Waals surface area contributed by atoms with Crippen molar-refractivity contribution in [3.8, 4) is 5.69 Å². The van der Waals surface area contributed by atoms with E-state index in [-0.39, 0.29) is 18.0 Å². The number of hydrogen-bond acceptors (Lipinski definition) is 4. The lowest BCUT2D eigenvalue weighted by Crippen LogP contribution is -2.30. The Morgan fingerprint density at radius 2 is 1.85 bits per heavy atom. The SMILES string of the molecule is CC(=O)Nc1ccc(N2C(=S)N[C@@H](c3ccccn3)[C@H]2c2cccn2-c2cccnc2)cc1. The van der Waals surface area contributed by atoms with Crippen molar-refractivity contribution in [2.45, 2.75) is 19.0 Å². The minimum atomic E-state index is -0.158. The molecule has 0 bridgehead atoms. The van der Waals surface area contributed by atoms with Crippen LogP contribution in [0.3, 0.4) is 0 Å². The van der Waals surface area contributed by atoms with Gasteiger partial charge in [0.25, 0.3) is 0 Å². The van der Waals surface area contributed by atoms with Crippen LogP contribution in [0.4, 0.5) is 11.4 Å². The van der Waals surface area contributed by atoms with Crippen molar-refractivity contribution in [1.82, 2.24) is 19.9 Å². The molecular formula is C25H22N6OS. The number of hydrogen-bond donors (Lipinski definition) is 2. The molecule has 4 heterocycles. The number of amides is 1. The lowest BCUT2D eigenvalue weighted by atomic mass is 10.0. The van der Waals surface area contributed by atoms with E-state index < -0.39 is 0 Å². The second kappa shape index (κ2) is 8.84. The highest BCUT2D eigenvalue weighted by Gasteiger charge is 2.42. The molecule has 164 valence electrons. The zero-order valence-corrected chi connectivity index (χ0v) is 18.7. The second-order valence-corrected chi connectivity index (χ2v) is 8.13. The van der Waals surface area contributed by atoms with Crippen LogP contribution in [0.15, 0.2) is 91.5 Å². The molecule has 0 radical (unpaired) electrons. The van der Waals surface area contributed by atoms with Gasteiger partial charge in [0.05, 0.1) is 23.6 Å². The summed E-state index contributed by atoms with van der Waals surface area (Å²) in [6.07, 6.45) is 7.43. The number of carbonyl (C=O) groups is 1. The van der Waals surface area contributed by atoms with Crippen LogP contribution in [0.25, 0.3) is 5.69 Å². The van der Waals surface area contributed by atoms with Crippen LogP contribution in [0.1, 0.15) is 30.4 Å². The summed E-state index contributed by atoms with van der Waals surface area (Å²) in [5, 5.41) is 6.90. The molecule has 0 aliphatic carbocycles. The van der Waals surface area contributed by atoms with Gasteiger partial charge in [-0.1, -0.05) is 6.07 Å². The maximum absolute atomic E-state index is 11.4. The molecule has 1 amide bonds. The topological polar surface area (TPSA) is 75.1 Å². The summed E-state index contributed by atoms with van der Waals surface area (Å²) in [5.74, 6) is -0.108. The summed E-state index contributed by atoms with van der Waals surface area (Å²) in [7, 11) is 0. The molecule has 2 N–H and O–H groups in total. The predicted octanol–water partition coefficient (Wildman–Crippen LogP) is 4.40. The number of rotatable bonds is 5. The van der Waals surface area contributed by atoms with Gasteiger partial charge in [0.1, 0.15) is 6.04 Å². The van der Waals surface area contributed by atoms with Crippen molar-refractivity contribution in [2.24, 2.45) is 0 Å². The molecule has 1 fully saturated rings. The Morgan fingerprint density at radius 1 is 1.00 bits per heavy atom. The van der Waals surface area contributed by atoms with Gasteiger partial charge >= 0.3 is 0 Å². The third kappa shape index (κ3) is 4.08. The summed E-state index contributed by atoms with van der Waals surface area (Å²) in [6, 6.07) is 21.3. The molecule has 4 aromatic rings. The fourth-order valence-corrected chi connectivity index (χ4v) is 4.55. The Bertz CT molecular complexity index is 1270. The normalized spacial score (nSPS) is 17.6. The van der Waals surface area contributed by atoms with E-state index in [9.17, 15) is 4.79 Å². The average molecular weight is 455 g/mol. The van der Waals surface area contributed by atoms with Gasteiger partial charge in [-0.25, -0.2) is 0 Å². The van der Waals surface area contributed by atoms with Crippen LogP contribution in [-0.2, 0) is 4.79 Å². The average Bonchev–Trinajstić information content (AvgIpc) is 3.45. The lowest BCUT2D eigenvalue weighted by Gasteiger charge is -2.29. The molecule has 1 aliphatic heterocycles. The van der Waals surface area contributed by atoms with Crippen LogP contribution in [0.5, 0.6) is 0 Å². The Balaban J connectivity index is 1.61. The molecule has 1 aromatic carbocycles. The van der Waals surface area contributed by atoms with Gasteiger partial charge in [0.2, 0.25) is 5.91 Å². The zero-order valence-electron chi connectivity index (χ0n) is 17.9. The summed E-state index contributed by atoms with van der Waals surface area (Å²) in [6.45, 7) is 1.49. The number of thiocarbonyl (C=S) groups is 1. The van der Waals surface area contributed by atoms with E-state index in [0.29, 0.717) is 5.11 Å². The monoisotopic (exact) mass is 454 g/mol. The van der Waals surface area contributed by atoms with E-state index in [1.165, 1.54) is 6.92 Å². The number of benzene rings is 1. The van der Waals surface area contributed by atoms with Crippen LogP contribution >= 0.6 is 12.2 Å². The summed E-state index contributed by atoms with van der Waals surface area (Å²) >= 11 is 5.81. The first-order valence-corrected chi connectivity index (χ1v) is 11.0. The molecule has 8 heteroatoms. The van der Waals surface area contributed by atoms with Gasteiger partial charge in [-0.05, 0) is 72.9 Å². The molecule has 5 rings (SSSR count). The Labute approximate surface area is 197 Å². The molecular weight excluding hydrogens is 432 g/mol. The van der Waals surface area contributed by atoms with Crippen molar-refractivity contribution in [2.75, 3.05) is 10.2 Å². The van der Waals surface area contributed by atoms with Gasteiger partial charge in [-0.15, -0.1) is 0 Å². The van der Waals surface area contributed by atoms with E-state index in [1.54, 1.807) is 12.4 Å². The largest absolute Gasteiger partial charge is 0.351 e. The molecule has 1 saturated heterocycles. The zero-order chi connectivity index (χ0) is 22.8. The summed E-state index contributed by atoms with van der Waals surface area (Å²) < 4.78 is 2.13.